The highest BCUT2D eigenvalue weighted by molar-refractivity contribution is 6.23. The first-order valence-corrected chi connectivity index (χ1v) is 14.3. The van der Waals surface area contributed by atoms with E-state index in [9.17, 15) is 24.3 Å². The monoisotopic (exact) mass is 599 g/mol. The van der Waals surface area contributed by atoms with E-state index in [2.05, 4.69) is 17.2 Å². The average molecular weight is 600 g/mol. The van der Waals surface area contributed by atoms with Crippen LogP contribution in [0.5, 0.6) is 0 Å². The summed E-state index contributed by atoms with van der Waals surface area (Å²) in [5.74, 6) is -2.07. The lowest BCUT2D eigenvalue weighted by atomic mass is 9.85. The Hall–Kier alpha value is -3.80. The largest absolute Gasteiger partial charge is 0.442 e. The van der Waals surface area contributed by atoms with Gasteiger partial charge < -0.3 is 35.7 Å². The first-order valence-electron chi connectivity index (χ1n) is 14.3. The molecule has 0 aromatic carbocycles. The minimum absolute atomic E-state index is 0.119. The van der Waals surface area contributed by atoms with Crippen molar-refractivity contribution < 1.29 is 38.5 Å². The molecule has 0 saturated heterocycles. The van der Waals surface area contributed by atoms with Gasteiger partial charge in [0, 0.05) is 50.3 Å². The molecule has 0 saturated carbocycles. The maximum absolute atomic E-state index is 13.6. The maximum Gasteiger partial charge on any atom is 0.405 e. The Kier molecular flexibility index (Phi) is 13.8. The summed E-state index contributed by atoms with van der Waals surface area (Å²) in [6.07, 6.45) is 6.36. The number of aliphatic hydroxyl groups is 1. The number of primary amides is 1. The summed E-state index contributed by atoms with van der Waals surface area (Å²) in [5.41, 5.74) is 6.56. The third-order valence-corrected chi connectivity index (χ3v) is 7.49. The summed E-state index contributed by atoms with van der Waals surface area (Å²) < 4.78 is 16.6. The number of carbonyl (C=O) groups is 4. The topological polar surface area (TPSA) is 166 Å². The van der Waals surface area contributed by atoms with Gasteiger partial charge in [0.1, 0.15) is 6.10 Å². The number of methoxy groups -OCH3 is 2. The van der Waals surface area contributed by atoms with E-state index in [1.807, 2.05) is 13.8 Å². The van der Waals surface area contributed by atoms with E-state index in [1.54, 1.807) is 44.2 Å². The van der Waals surface area contributed by atoms with Crippen molar-refractivity contribution in [3.8, 4) is 0 Å². The summed E-state index contributed by atoms with van der Waals surface area (Å²) in [6.45, 7) is 11.0. The number of Topliss-reactive ketones (excluding diaryl/α,β-unsaturated/α-hetero) is 1. The fourth-order valence-corrected chi connectivity index (χ4v) is 5.06. The molecule has 0 fully saturated rings. The Labute approximate surface area is 253 Å². The van der Waals surface area contributed by atoms with E-state index in [-0.39, 0.29) is 47.8 Å². The summed E-state index contributed by atoms with van der Waals surface area (Å²) in [6, 6.07) is 0. The molecule has 11 nitrogen and oxygen atoms in total. The normalized spacial score (nSPS) is 31.4. The predicted octanol–water partition coefficient (Wildman–Crippen LogP) is 2.93. The van der Waals surface area contributed by atoms with Gasteiger partial charge in [-0.2, -0.15) is 0 Å². The Balaban J connectivity index is 2.58. The Morgan fingerprint density at radius 1 is 1.19 bits per heavy atom. The second-order valence-electron chi connectivity index (χ2n) is 11.0. The highest BCUT2D eigenvalue weighted by Gasteiger charge is 2.33. The lowest BCUT2D eigenvalue weighted by Crippen LogP contribution is -2.37. The molecule has 2 rings (SSSR count). The van der Waals surface area contributed by atoms with Gasteiger partial charge in [0.25, 0.3) is 5.91 Å². The first kappa shape index (κ1) is 35.4. The van der Waals surface area contributed by atoms with Crippen molar-refractivity contribution in [3.05, 3.63) is 71.1 Å². The molecule has 6 atom stereocenters. The van der Waals surface area contributed by atoms with Crippen LogP contribution in [0.1, 0.15) is 47.0 Å². The molecule has 0 spiro atoms. The van der Waals surface area contributed by atoms with Gasteiger partial charge in [0.05, 0.1) is 29.7 Å². The molecule has 5 N–H and O–H groups in total. The van der Waals surface area contributed by atoms with E-state index < -0.39 is 53.9 Å². The maximum atomic E-state index is 13.6. The van der Waals surface area contributed by atoms with Crippen molar-refractivity contribution in [3.63, 3.8) is 0 Å². The molecule has 0 radical (unpaired) electrons. The van der Waals surface area contributed by atoms with Crippen molar-refractivity contribution in [2.24, 2.45) is 17.6 Å². The van der Waals surface area contributed by atoms with Crippen LogP contribution in [0.25, 0.3) is 0 Å². The number of ketones is 2. The van der Waals surface area contributed by atoms with Gasteiger partial charge in [-0.05, 0) is 38.2 Å². The summed E-state index contributed by atoms with van der Waals surface area (Å²) in [4.78, 5) is 51.3. The molecule has 2 aliphatic rings. The van der Waals surface area contributed by atoms with E-state index in [0.717, 1.165) is 6.08 Å². The van der Waals surface area contributed by atoms with Gasteiger partial charge in [-0.3, -0.25) is 14.4 Å². The molecule has 2 amide bonds. The fraction of sp³-hybridized carbons (Fsp3) is 0.500. The number of hydrogen-bond donors (Lipinski definition) is 4. The molecule has 0 aromatic rings. The van der Waals surface area contributed by atoms with Crippen LogP contribution >= 0.6 is 0 Å². The zero-order chi connectivity index (χ0) is 32.3. The zero-order valence-corrected chi connectivity index (χ0v) is 25.8. The Morgan fingerprint density at radius 3 is 2.49 bits per heavy atom. The molecule has 4 unspecified atom stereocenters. The third-order valence-electron chi connectivity index (χ3n) is 7.49. The number of hydrogen-bond acceptors (Lipinski definition) is 9. The van der Waals surface area contributed by atoms with Crippen molar-refractivity contribution in [1.82, 2.24) is 10.6 Å². The fourth-order valence-electron chi connectivity index (χ4n) is 5.06. The average Bonchev–Trinajstić information content (AvgIpc) is 2.95. The van der Waals surface area contributed by atoms with Crippen LogP contribution in [-0.2, 0) is 28.6 Å². The van der Waals surface area contributed by atoms with Crippen LogP contribution in [0.3, 0.4) is 0 Å². The minimum atomic E-state index is -0.945. The van der Waals surface area contributed by atoms with E-state index in [4.69, 9.17) is 19.9 Å². The van der Waals surface area contributed by atoms with Gasteiger partial charge in [-0.25, -0.2) is 4.79 Å². The number of amides is 2. The van der Waals surface area contributed by atoms with Gasteiger partial charge in [0.15, 0.2) is 0 Å². The molecular weight excluding hydrogens is 554 g/mol. The van der Waals surface area contributed by atoms with Gasteiger partial charge in [-0.15, -0.1) is 6.58 Å². The number of nitrogens with one attached hydrogen (secondary N) is 2. The van der Waals surface area contributed by atoms with Gasteiger partial charge >= 0.3 is 6.09 Å². The standard InChI is InChI=1S/C32H45N3O8/c1-8-12-34-28-23-13-18(2)14-27(42-7)29(37)21(5)15-20(4)26(43-32(33)40)16-22(41-6)11-9-10-19(3)31(39)35-24(30(23)38)17-25(28)36/h8-11,15,17-18,21-22,26-27,29,34,37H,1,12-14,16H2,2-7H3,(H2,33,40)(H,35,39)/b11-9-,19-10+,20-15+/t18-,21?,22?,26?,27?,29-/m1/s1. The predicted molar refractivity (Wildman–Crippen MR) is 162 cm³/mol. The number of carbonyl (C=O) groups excluding carboxylic acids is 4. The molecule has 43 heavy (non-hydrogen) atoms. The molecule has 236 valence electrons. The smallest absolute Gasteiger partial charge is 0.405 e. The van der Waals surface area contributed by atoms with Gasteiger partial charge in [-0.1, -0.05) is 44.2 Å². The van der Waals surface area contributed by atoms with Crippen molar-refractivity contribution in [2.45, 2.75) is 71.4 Å². The van der Waals surface area contributed by atoms with Crippen LogP contribution < -0.4 is 16.4 Å². The highest BCUT2D eigenvalue weighted by atomic mass is 16.6. The number of aliphatic hydroxyl groups excluding tert-OH is 1. The molecule has 0 aromatic heterocycles. The molecule has 1 heterocycles. The van der Waals surface area contributed by atoms with E-state index in [0.29, 0.717) is 12.0 Å². The first-order chi connectivity index (χ1) is 20.3. The summed E-state index contributed by atoms with van der Waals surface area (Å²) >= 11 is 0. The van der Waals surface area contributed by atoms with Crippen molar-refractivity contribution >= 4 is 23.6 Å². The third kappa shape index (κ3) is 10.2. The summed E-state index contributed by atoms with van der Waals surface area (Å²) in [7, 11) is 2.99. The second-order valence-corrected chi connectivity index (χ2v) is 11.0. The van der Waals surface area contributed by atoms with Gasteiger partial charge in [0.2, 0.25) is 11.6 Å². The zero-order valence-electron chi connectivity index (χ0n) is 25.8. The number of allylic oxidation sites excluding steroid dienone is 4. The van der Waals surface area contributed by atoms with E-state index >= 15 is 0 Å². The van der Waals surface area contributed by atoms with Crippen LogP contribution in [-0.4, -0.2) is 73.9 Å². The quantitative estimate of drug-likeness (QED) is 0.265. The lowest BCUT2D eigenvalue weighted by Gasteiger charge is -2.29. The number of rotatable bonds is 6. The van der Waals surface area contributed by atoms with Crippen molar-refractivity contribution in [1.29, 1.82) is 0 Å². The van der Waals surface area contributed by atoms with E-state index in [1.165, 1.54) is 14.2 Å². The Bertz CT molecular complexity index is 1230. The number of nitrogens with two attached hydrogens (primary N) is 1. The SMILES string of the molecule is C=CCNC1=C2C[C@@H](C)CC(OC)[C@H](O)C(C)/C=C(\C)C(OC(N)=O)CC(OC)/C=C\C=C(/C)C(=O)NC(=CC1=O)C2=O. The molecule has 2 bridgehead atoms. The van der Waals surface area contributed by atoms with Crippen LogP contribution in [0.4, 0.5) is 4.79 Å². The second kappa shape index (κ2) is 16.7. The molecule has 1 aliphatic heterocycles. The minimum Gasteiger partial charge on any atom is -0.442 e. The lowest BCUT2D eigenvalue weighted by molar-refractivity contribution is -0.120. The summed E-state index contributed by atoms with van der Waals surface area (Å²) in [5, 5.41) is 16.8. The Morgan fingerprint density at radius 2 is 1.88 bits per heavy atom. The molecular formula is C32H45N3O8. The highest BCUT2D eigenvalue weighted by Crippen LogP contribution is 2.28. The number of fused-ring (bicyclic) bond motifs is 2. The van der Waals surface area contributed by atoms with Crippen LogP contribution in [0.15, 0.2) is 71.1 Å². The van der Waals surface area contributed by atoms with Crippen molar-refractivity contribution in [2.75, 3.05) is 20.8 Å². The molecule has 11 heteroatoms. The molecule has 1 aliphatic carbocycles. The number of ether oxygens (including phenoxy) is 3. The van der Waals surface area contributed by atoms with Crippen LogP contribution in [0, 0.1) is 11.8 Å². The van der Waals surface area contributed by atoms with Crippen LogP contribution in [0.2, 0.25) is 0 Å².